The second-order valence-corrected chi connectivity index (χ2v) is 8.31. The Morgan fingerprint density at radius 1 is 1.29 bits per heavy atom. The topological polar surface area (TPSA) is 72.2 Å². The second kappa shape index (κ2) is 6.64. The van der Waals surface area contributed by atoms with Gasteiger partial charge in [0.2, 0.25) is 10.0 Å². The molecule has 1 unspecified atom stereocenters. The summed E-state index contributed by atoms with van der Waals surface area (Å²) in [5.41, 5.74) is 6.21. The van der Waals surface area contributed by atoms with Crippen molar-refractivity contribution in [3.8, 4) is 0 Å². The summed E-state index contributed by atoms with van der Waals surface area (Å²) >= 11 is 13.2. The van der Waals surface area contributed by atoms with Gasteiger partial charge < -0.3 is 5.73 Å². The number of halogens is 2. The van der Waals surface area contributed by atoms with Crippen molar-refractivity contribution in [2.24, 2.45) is 5.73 Å². The lowest BCUT2D eigenvalue weighted by Crippen LogP contribution is -2.26. The quantitative estimate of drug-likeness (QED) is 0.851. The zero-order valence-corrected chi connectivity index (χ0v) is 14.3. The van der Waals surface area contributed by atoms with Crippen LogP contribution in [0.3, 0.4) is 0 Å². The van der Waals surface area contributed by atoms with Crippen molar-refractivity contribution in [2.75, 3.05) is 0 Å². The summed E-state index contributed by atoms with van der Waals surface area (Å²) in [7, 11) is -3.66. The smallest absolute Gasteiger partial charge is 0.241 e. The third-order valence-electron chi connectivity index (χ3n) is 2.91. The number of nitrogens with two attached hydrogens (primary N) is 1. The Labute approximate surface area is 137 Å². The van der Waals surface area contributed by atoms with Crippen LogP contribution in [0.4, 0.5) is 0 Å². The predicted octanol–water partition coefficient (Wildman–Crippen LogP) is 3.55. The first-order chi connectivity index (χ1) is 9.83. The lowest BCUT2D eigenvalue weighted by molar-refractivity contribution is 0.568. The summed E-state index contributed by atoms with van der Waals surface area (Å²) in [5, 5.41) is 0.340. The highest BCUT2D eigenvalue weighted by Crippen LogP contribution is 2.28. The summed E-state index contributed by atoms with van der Waals surface area (Å²) < 4.78 is 27.9. The van der Waals surface area contributed by atoms with Gasteiger partial charge in [-0.25, -0.2) is 13.1 Å². The molecule has 1 aromatic heterocycles. The number of sulfonamides is 1. The molecule has 21 heavy (non-hydrogen) atoms. The van der Waals surface area contributed by atoms with Crippen molar-refractivity contribution < 1.29 is 8.42 Å². The third-order valence-corrected chi connectivity index (χ3v) is 6.21. The van der Waals surface area contributed by atoms with Crippen LogP contribution in [0.1, 0.15) is 23.4 Å². The summed E-state index contributed by atoms with van der Waals surface area (Å²) in [4.78, 5) is 0.951. The van der Waals surface area contributed by atoms with Gasteiger partial charge in [0.25, 0.3) is 0 Å². The van der Waals surface area contributed by atoms with Crippen molar-refractivity contribution in [1.82, 2.24) is 4.72 Å². The molecular formula is C13H14Cl2N2O2S2. The van der Waals surface area contributed by atoms with Gasteiger partial charge in [-0.2, -0.15) is 0 Å². The van der Waals surface area contributed by atoms with Crippen molar-refractivity contribution >= 4 is 44.6 Å². The molecule has 0 aliphatic rings. The summed E-state index contributed by atoms with van der Waals surface area (Å²) in [6, 6.07) is 7.67. The molecule has 0 spiro atoms. The molecule has 0 saturated heterocycles. The van der Waals surface area contributed by atoms with Gasteiger partial charge in [-0.05, 0) is 36.8 Å². The molecule has 0 bridgehead atoms. The highest BCUT2D eigenvalue weighted by molar-refractivity contribution is 7.89. The van der Waals surface area contributed by atoms with E-state index in [4.69, 9.17) is 28.9 Å². The van der Waals surface area contributed by atoms with Gasteiger partial charge in [-0.1, -0.05) is 29.3 Å². The van der Waals surface area contributed by atoms with Gasteiger partial charge in [0.05, 0.1) is 15.3 Å². The van der Waals surface area contributed by atoms with Crippen LogP contribution < -0.4 is 10.5 Å². The number of nitrogens with one attached hydrogen (secondary N) is 1. The van der Waals surface area contributed by atoms with E-state index in [2.05, 4.69) is 4.72 Å². The van der Waals surface area contributed by atoms with E-state index >= 15 is 0 Å². The Morgan fingerprint density at radius 2 is 2.00 bits per heavy atom. The van der Waals surface area contributed by atoms with E-state index in [1.165, 1.54) is 23.5 Å². The number of hydrogen-bond donors (Lipinski definition) is 2. The number of benzene rings is 1. The molecule has 0 amide bonds. The summed E-state index contributed by atoms with van der Waals surface area (Å²) in [6.45, 7) is 2.02. The molecule has 0 fully saturated rings. The Hall–Kier alpha value is -0.630. The van der Waals surface area contributed by atoms with E-state index in [0.29, 0.717) is 14.9 Å². The normalized spacial score (nSPS) is 13.3. The van der Waals surface area contributed by atoms with E-state index in [9.17, 15) is 8.42 Å². The Morgan fingerprint density at radius 3 is 2.52 bits per heavy atom. The average molecular weight is 365 g/mol. The average Bonchev–Trinajstić information content (AvgIpc) is 2.85. The third kappa shape index (κ3) is 3.97. The van der Waals surface area contributed by atoms with Crippen LogP contribution >= 0.6 is 34.5 Å². The highest BCUT2D eigenvalue weighted by atomic mass is 35.5. The van der Waals surface area contributed by atoms with Crippen LogP contribution in [0.5, 0.6) is 0 Å². The first-order valence-electron chi connectivity index (χ1n) is 6.09. The van der Waals surface area contributed by atoms with Crippen molar-refractivity contribution in [2.45, 2.75) is 24.4 Å². The van der Waals surface area contributed by atoms with E-state index in [1.54, 1.807) is 25.1 Å². The molecule has 3 N–H and O–H groups in total. The minimum atomic E-state index is -3.66. The number of thiophene rings is 1. The van der Waals surface area contributed by atoms with Gasteiger partial charge in [-0.15, -0.1) is 11.3 Å². The zero-order chi connectivity index (χ0) is 15.6. The molecule has 0 radical (unpaired) electrons. The zero-order valence-electron chi connectivity index (χ0n) is 11.1. The second-order valence-electron chi connectivity index (χ2n) is 4.44. The van der Waals surface area contributed by atoms with Gasteiger partial charge >= 0.3 is 0 Å². The molecule has 2 rings (SSSR count). The van der Waals surface area contributed by atoms with Crippen LogP contribution in [-0.4, -0.2) is 8.42 Å². The van der Waals surface area contributed by atoms with Gasteiger partial charge in [0.15, 0.2) is 0 Å². The van der Waals surface area contributed by atoms with Crippen LogP contribution in [-0.2, 0) is 16.6 Å². The Kier molecular flexibility index (Phi) is 5.29. The Balaban J connectivity index is 2.24. The van der Waals surface area contributed by atoms with Gasteiger partial charge in [0, 0.05) is 16.4 Å². The van der Waals surface area contributed by atoms with E-state index in [0.717, 1.165) is 4.88 Å². The fourth-order valence-corrected chi connectivity index (χ4v) is 4.49. The number of rotatable bonds is 5. The van der Waals surface area contributed by atoms with E-state index in [1.807, 2.05) is 0 Å². The predicted molar refractivity (Wildman–Crippen MR) is 87.4 cm³/mol. The molecule has 4 nitrogen and oxygen atoms in total. The van der Waals surface area contributed by atoms with Crippen LogP contribution in [0.2, 0.25) is 9.36 Å². The SMILES string of the molecule is CC(NS(=O)(=O)c1ccc(CN)c(Cl)c1)c1ccc(Cl)s1. The minimum absolute atomic E-state index is 0.110. The molecular weight excluding hydrogens is 351 g/mol. The fourth-order valence-electron chi connectivity index (χ4n) is 1.78. The Bertz CT molecular complexity index is 744. The largest absolute Gasteiger partial charge is 0.326 e. The molecule has 8 heteroatoms. The van der Waals surface area contributed by atoms with Crippen molar-refractivity contribution in [1.29, 1.82) is 0 Å². The monoisotopic (exact) mass is 364 g/mol. The van der Waals surface area contributed by atoms with Crippen molar-refractivity contribution in [3.05, 3.63) is 50.1 Å². The molecule has 1 aromatic carbocycles. The maximum Gasteiger partial charge on any atom is 0.241 e. The van der Waals surface area contributed by atoms with E-state index in [-0.39, 0.29) is 17.5 Å². The standard InChI is InChI=1S/C13H14Cl2N2O2S2/c1-8(12-4-5-13(15)20-12)17-21(18,19)10-3-2-9(7-16)11(14)6-10/h2-6,8,17H,7,16H2,1H3. The lowest BCUT2D eigenvalue weighted by Gasteiger charge is -2.13. The van der Waals surface area contributed by atoms with E-state index < -0.39 is 10.0 Å². The highest BCUT2D eigenvalue weighted by Gasteiger charge is 2.20. The minimum Gasteiger partial charge on any atom is -0.326 e. The van der Waals surface area contributed by atoms with Gasteiger partial charge in [0.1, 0.15) is 0 Å². The maximum atomic E-state index is 12.3. The first kappa shape index (κ1) is 16.7. The lowest BCUT2D eigenvalue weighted by atomic mass is 10.2. The summed E-state index contributed by atoms with van der Waals surface area (Å²) in [6.07, 6.45) is 0. The van der Waals surface area contributed by atoms with Crippen LogP contribution in [0.15, 0.2) is 35.2 Å². The fraction of sp³-hybridized carbons (Fsp3) is 0.231. The number of hydrogen-bond acceptors (Lipinski definition) is 4. The molecule has 1 heterocycles. The maximum absolute atomic E-state index is 12.3. The van der Waals surface area contributed by atoms with Crippen LogP contribution in [0, 0.1) is 0 Å². The van der Waals surface area contributed by atoms with Crippen LogP contribution in [0.25, 0.3) is 0 Å². The molecule has 0 saturated carbocycles. The molecule has 2 aromatic rings. The molecule has 114 valence electrons. The first-order valence-corrected chi connectivity index (χ1v) is 9.15. The molecule has 0 aliphatic carbocycles. The van der Waals surface area contributed by atoms with Gasteiger partial charge in [-0.3, -0.25) is 0 Å². The van der Waals surface area contributed by atoms with Crippen molar-refractivity contribution in [3.63, 3.8) is 0 Å². The molecule has 0 aliphatic heterocycles. The molecule has 1 atom stereocenters. The summed E-state index contributed by atoms with van der Waals surface area (Å²) in [5.74, 6) is 0.